The van der Waals surface area contributed by atoms with Crippen molar-refractivity contribution in [2.24, 2.45) is 5.92 Å². The maximum absolute atomic E-state index is 4.14. The summed E-state index contributed by atoms with van der Waals surface area (Å²) in [6.45, 7) is 0. The molecule has 3 atom stereocenters. The Labute approximate surface area is 132 Å². The molecule has 0 amide bonds. The van der Waals surface area contributed by atoms with Gasteiger partial charge in [0, 0.05) is 27.6 Å². The van der Waals surface area contributed by atoms with Crippen LogP contribution in [0.3, 0.4) is 0 Å². The zero-order chi connectivity index (χ0) is 13.5. The minimum absolute atomic E-state index is 0.380. The van der Waals surface area contributed by atoms with Crippen molar-refractivity contribution < 1.29 is 0 Å². The predicted octanol–water partition coefficient (Wildman–Crippen LogP) is 4.51. The molecule has 1 aromatic carbocycles. The first-order valence-corrected chi connectivity index (χ1v) is 8.03. The lowest BCUT2D eigenvalue weighted by atomic mass is 9.77. The highest BCUT2D eigenvalue weighted by molar-refractivity contribution is 14.1. The molecule has 1 aliphatic carbocycles. The molecule has 1 aromatic heterocycles. The van der Waals surface area contributed by atoms with E-state index < -0.39 is 0 Å². The van der Waals surface area contributed by atoms with Crippen LogP contribution >= 0.6 is 22.6 Å². The lowest BCUT2D eigenvalue weighted by molar-refractivity contribution is 0.425. The van der Waals surface area contributed by atoms with Crippen molar-refractivity contribution in [2.75, 3.05) is 5.32 Å². The number of anilines is 1. The second-order valence-corrected chi connectivity index (χ2v) is 6.73. The summed E-state index contributed by atoms with van der Waals surface area (Å²) < 4.78 is 1.31. The zero-order valence-electron chi connectivity index (χ0n) is 11.0. The van der Waals surface area contributed by atoms with E-state index in [-0.39, 0.29) is 0 Å². The molecule has 0 saturated carbocycles. The highest BCUT2D eigenvalue weighted by Gasteiger charge is 2.37. The maximum atomic E-state index is 4.14. The number of rotatable bonds is 1. The number of hydrogen-bond acceptors (Lipinski definition) is 2. The molecule has 20 heavy (non-hydrogen) atoms. The summed E-state index contributed by atoms with van der Waals surface area (Å²) in [6, 6.07) is 11.3. The summed E-state index contributed by atoms with van der Waals surface area (Å²) in [4.78, 5) is 4.14. The topological polar surface area (TPSA) is 24.9 Å². The van der Waals surface area contributed by atoms with Gasteiger partial charge in [-0.3, -0.25) is 4.98 Å². The Morgan fingerprint density at radius 2 is 2.00 bits per heavy atom. The quantitative estimate of drug-likeness (QED) is 0.587. The van der Waals surface area contributed by atoms with E-state index in [1.54, 1.807) is 0 Å². The third-order valence-corrected chi connectivity index (χ3v) is 5.06. The van der Waals surface area contributed by atoms with E-state index in [4.69, 9.17) is 0 Å². The third kappa shape index (κ3) is 1.95. The molecule has 2 heterocycles. The molecule has 2 aliphatic rings. The van der Waals surface area contributed by atoms with Gasteiger partial charge in [-0.1, -0.05) is 12.2 Å². The molecule has 0 spiro atoms. The zero-order valence-corrected chi connectivity index (χ0v) is 13.1. The van der Waals surface area contributed by atoms with Crippen LogP contribution in [0.15, 0.2) is 54.9 Å². The molecule has 2 aromatic rings. The van der Waals surface area contributed by atoms with Crippen LogP contribution in [0.25, 0.3) is 0 Å². The lowest BCUT2D eigenvalue weighted by Crippen LogP contribution is -2.29. The normalized spacial score (nSPS) is 26.8. The Kier molecular flexibility index (Phi) is 3.02. The van der Waals surface area contributed by atoms with Crippen molar-refractivity contribution in [3.63, 3.8) is 0 Å². The van der Waals surface area contributed by atoms with E-state index in [0.717, 1.165) is 6.42 Å². The van der Waals surface area contributed by atoms with E-state index >= 15 is 0 Å². The van der Waals surface area contributed by atoms with Crippen LogP contribution < -0.4 is 5.32 Å². The van der Waals surface area contributed by atoms with E-state index in [0.29, 0.717) is 17.9 Å². The number of fused-ring (bicyclic) bond motifs is 3. The second kappa shape index (κ2) is 4.88. The first-order chi connectivity index (χ1) is 9.83. The fourth-order valence-electron chi connectivity index (χ4n) is 3.47. The minimum Gasteiger partial charge on any atom is -0.378 e. The Morgan fingerprint density at radius 3 is 2.85 bits per heavy atom. The largest absolute Gasteiger partial charge is 0.378 e. The van der Waals surface area contributed by atoms with Crippen LogP contribution in [-0.4, -0.2) is 4.98 Å². The summed E-state index contributed by atoms with van der Waals surface area (Å²) in [6.07, 6.45) is 9.64. The van der Waals surface area contributed by atoms with Crippen molar-refractivity contribution >= 4 is 28.3 Å². The van der Waals surface area contributed by atoms with Gasteiger partial charge in [-0.15, -0.1) is 0 Å². The summed E-state index contributed by atoms with van der Waals surface area (Å²) >= 11 is 2.40. The Balaban J connectivity index is 1.80. The van der Waals surface area contributed by atoms with E-state index in [2.05, 4.69) is 75.4 Å². The minimum atomic E-state index is 0.380. The predicted molar refractivity (Wildman–Crippen MR) is 89.7 cm³/mol. The number of aromatic nitrogens is 1. The van der Waals surface area contributed by atoms with Gasteiger partial charge < -0.3 is 5.32 Å². The number of benzene rings is 1. The summed E-state index contributed by atoms with van der Waals surface area (Å²) in [5, 5.41) is 3.74. The van der Waals surface area contributed by atoms with Gasteiger partial charge in [-0.25, -0.2) is 0 Å². The van der Waals surface area contributed by atoms with Gasteiger partial charge in [0.25, 0.3) is 0 Å². The lowest BCUT2D eigenvalue weighted by Gasteiger charge is -2.37. The Bertz CT molecular complexity index is 666. The molecular formula is C17H15IN2. The molecule has 2 nitrogen and oxygen atoms in total. The first kappa shape index (κ1) is 12.4. The molecule has 0 fully saturated rings. The Morgan fingerprint density at radius 1 is 1.15 bits per heavy atom. The van der Waals surface area contributed by atoms with E-state index in [1.165, 1.54) is 20.4 Å². The first-order valence-electron chi connectivity index (χ1n) is 6.95. The van der Waals surface area contributed by atoms with Crippen molar-refractivity contribution in [1.82, 2.24) is 4.98 Å². The Hall–Kier alpha value is -1.36. The number of halogens is 1. The number of pyridine rings is 1. The van der Waals surface area contributed by atoms with Crippen LogP contribution in [0.2, 0.25) is 0 Å². The second-order valence-electron chi connectivity index (χ2n) is 5.49. The molecule has 0 unspecified atom stereocenters. The van der Waals surface area contributed by atoms with Crippen molar-refractivity contribution in [3.05, 3.63) is 69.6 Å². The van der Waals surface area contributed by atoms with E-state index in [9.17, 15) is 0 Å². The SMILES string of the molecule is Ic1ccc2c(c1)[C@@H]1C=CC[C@H]1[C@@H](c1ccncc1)N2. The fourth-order valence-corrected chi connectivity index (χ4v) is 3.98. The third-order valence-electron chi connectivity index (χ3n) is 4.39. The van der Waals surface area contributed by atoms with Gasteiger partial charge in [0.15, 0.2) is 0 Å². The van der Waals surface area contributed by atoms with Gasteiger partial charge in [-0.2, -0.15) is 0 Å². The van der Waals surface area contributed by atoms with Crippen LogP contribution in [-0.2, 0) is 0 Å². The van der Waals surface area contributed by atoms with Crippen LogP contribution in [0.1, 0.15) is 29.5 Å². The molecule has 4 rings (SSSR count). The van der Waals surface area contributed by atoms with Gasteiger partial charge >= 0.3 is 0 Å². The summed E-state index contributed by atoms with van der Waals surface area (Å²) in [7, 11) is 0. The molecule has 1 aliphatic heterocycles. The van der Waals surface area contributed by atoms with Crippen LogP contribution in [0.4, 0.5) is 5.69 Å². The molecular weight excluding hydrogens is 359 g/mol. The smallest absolute Gasteiger partial charge is 0.0555 e. The fraction of sp³-hybridized carbons (Fsp3) is 0.235. The average Bonchev–Trinajstić information content (AvgIpc) is 2.97. The highest BCUT2D eigenvalue weighted by Crippen LogP contribution is 2.49. The molecule has 0 bridgehead atoms. The molecule has 0 radical (unpaired) electrons. The van der Waals surface area contributed by atoms with Gasteiger partial charge in [0.1, 0.15) is 0 Å². The molecule has 1 N–H and O–H groups in total. The summed E-state index contributed by atoms with van der Waals surface area (Å²) in [5.41, 5.74) is 4.06. The number of nitrogens with one attached hydrogen (secondary N) is 1. The van der Waals surface area contributed by atoms with Crippen molar-refractivity contribution in [2.45, 2.75) is 18.4 Å². The number of hydrogen-bond donors (Lipinski definition) is 1. The molecule has 100 valence electrons. The number of allylic oxidation sites excluding steroid dienone is 2. The standard InChI is InChI=1S/C17H15IN2/c18-12-4-5-16-15(10-12)13-2-1-3-14(13)17(20-16)11-6-8-19-9-7-11/h1-2,4-10,13-14,17,20H,3H2/t13-,14-,17-/m1/s1. The highest BCUT2D eigenvalue weighted by atomic mass is 127. The van der Waals surface area contributed by atoms with Crippen molar-refractivity contribution in [1.29, 1.82) is 0 Å². The van der Waals surface area contributed by atoms with Crippen LogP contribution in [0.5, 0.6) is 0 Å². The molecule has 3 heteroatoms. The average molecular weight is 374 g/mol. The number of nitrogens with zero attached hydrogens (tertiary/aromatic N) is 1. The maximum Gasteiger partial charge on any atom is 0.0555 e. The summed E-state index contributed by atoms with van der Waals surface area (Å²) in [5.74, 6) is 1.15. The van der Waals surface area contributed by atoms with Gasteiger partial charge in [0.2, 0.25) is 0 Å². The van der Waals surface area contributed by atoms with Crippen molar-refractivity contribution in [3.8, 4) is 0 Å². The van der Waals surface area contributed by atoms with Crippen LogP contribution in [0, 0.1) is 9.49 Å². The van der Waals surface area contributed by atoms with Gasteiger partial charge in [-0.05, 0) is 76.4 Å². The molecule has 0 saturated heterocycles. The van der Waals surface area contributed by atoms with E-state index in [1.807, 2.05) is 12.4 Å². The van der Waals surface area contributed by atoms with Gasteiger partial charge in [0.05, 0.1) is 6.04 Å². The monoisotopic (exact) mass is 374 g/mol.